The van der Waals surface area contributed by atoms with Crippen LogP contribution < -0.4 is 10.1 Å². The third kappa shape index (κ3) is 5.74. The number of amides is 1. The van der Waals surface area contributed by atoms with E-state index in [0.29, 0.717) is 17.9 Å². The number of carbonyl (C=O) groups is 2. The summed E-state index contributed by atoms with van der Waals surface area (Å²) in [5, 5.41) is 4.62. The number of aryl methyl sites for hydroxylation is 1. The normalized spacial score (nSPS) is 10.6. The number of thioether (sulfide) groups is 1. The highest BCUT2D eigenvalue weighted by atomic mass is 32.2. The lowest BCUT2D eigenvalue weighted by molar-refractivity contribution is -0.124. The summed E-state index contributed by atoms with van der Waals surface area (Å²) in [5.74, 6) is 0.240. The quantitative estimate of drug-likeness (QED) is 0.343. The maximum absolute atomic E-state index is 12.4. The molecule has 0 saturated heterocycles. The van der Waals surface area contributed by atoms with E-state index in [1.54, 1.807) is 23.9 Å². The summed E-state index contributed by atoms with van der Waals surface area (Å²) in [6, 6.07) is 19.4. The highest BCUT2D eigenvalue weighted by Crippen LogP contribution is 2.26. The summed E-state index contributed by atoms with van der Waals surface area (Å²) in [4.78, 5) is 25.6. The van der Waals surface area contributed by atoms with Gasteiger partial charge in [0.05, 0.1) is 7.11 Å². The molecule has 1 N–H and O–H groups in total. The maximum atomic E-state index is 12.4. The molecular weight excluding hydrogens is 386 g/mol. The molecule has 6 heteroatoms. The van der Waals surface area contributed by atoms with Crippen LogP contribution >= 0.6 is 11.8 Å². The smallest absolute Gasteiger partial charge is 0.342 e. The summed E-state index contributed by atoms with van der Waals surface area (Å²) in [6.45, 7) is 2.21. The van der Waals surface area contributed by atoms with Gasteiger partial charge in [-0.1, -0.05) is 42.0 Å². The number of methoxy groups -OCH3 is 1. The first-order valence-corrected chi connectivity index (χ1v) is 10.3. The van der Waals surface area contributed by atoms with Crippen molar-refractivity contribution in [2.75, 3.05) is 26.0 Å². The Hall–Kier alpha value is -2.99. The van der Waals surface area contributed by atoms with Crippen molar-refractivity contribution in [3.05, 3.63) is 71.8 Å². The van der Waals surface area contributed by atoms with Crippen molar-refractivity contribution in [2.24, 2.45) is 0 Å². The number of fused-ring (bicyclic) bond motifs is 1. The SMILES string of the molecule is COc1cc2ccccc2cc1C(=O)OCC(=O)NCCSc1ccc(C)cc1. The number of carbonyl (C=O) groups excluding carboxylic acids is 2. The van der Waals surface area contributed by atoms with Crippen molar-refractivity contribution in [1.29, 1.82) is 0 Å². The Kier molecular flexibility index (Phi) is 7.14. The molecule has 150 valence electrons. The number of ether oxygens (including phenoxy) is 2. The maximum Gasteiger partial charge on any atom is 0.342 e. The third-order valence-electron chi connectivity index (χ3n) is 4.34. The van der Waals surface area contributed by atoms with Gasteiger partial charge in [0.25, 0.3) is 5.91 Å². The van der Waals surface area contributed by atoms with Crippen molar-refractivity contribution >= 4 is 34.4 Å². The molecule has 0 unspecified atom stereocenters. The molecule has 29 heavy (non-hydrogen) atoms. The molecule has 0 spiro atoms. The number of esters is 1. The van der Waals surface area contributed by atoms with Crippen LogP contribution in [0, 0.1) is 6.92 Å². The van der Waals surface area contributed by atoms with E-state index in [1.807, 2.05) is 31.2 Å². The molecule has 5 nitrogen and oxygen atoms in total. The van der Waals surface area contributed by atoms with Gasteiger partial charge in [-0.15, -0.1) is 11.8 Å². The second-order valence-corrected chi connectivity index (χ2v) is 7.66. The highest BCUT2D eigenvalue weighted by Gasteiger charge is 2.16. The number of benzene rings is 3. The predicted octanol–water partition coefficient (Wildman–Crippen LogP) is 4.22. The van der Waals surface area contributed by atoms with E-state index in [0.717, 1.165) is 21.4 Å². The molecule has 0 aliphatic rings. The van der Waals surface area contributed by atoms with Gasteiger partial charge >= 0.3 is 5.97 Å². The van der Waals surface area contributed by atoms with Crippen molar-refractivity contribution in [3.63, 3.8) is 0 Å². The molecule has 0 saturated carbocycles. The summed E-state index contributed by atoms with van der Waals surface area (Å²) in [5.41, 5.74) is 1.52. The first-order chi connectivity index (χ1) is 14.1. The Balaban J connectivity index is 1.48. The van der Waals surface area contributed by atoms with Crippen LogP contribution in [0.2, 0.25) is 0 Å². The largest absolute Gasteiger partial charge is 0.496 e. The first kappa shape index (κ1) is 20.7. The number of hydrogen-bond donors (Lipinski definition) is 1. The number of hydrogen-bond acceptors (Lipinski definition) is 5. The molecule has 1 amide bonds. The van der Waals surface area contributed by atoms with Crippen LogP contribution in [0.25, 0.3) is 10.8 Å². The van der Waals surface area contributed by atoms with E-state index < -0.39 is 5.97 Å². The standard InChI is InChI=1S/C23H23NO4S/c1-16-7-9-19(10-8-16)29-12-11-24-22(25)15-28-23(26)20-13-17-5-3-4-6-18(17)14-21(20)27-2/h3-10,13-14H,11-12,15H2,1-2H3,(H,24,25). The Morgan fingerprint density at radius 3 is 2.38 bits per heavy atom. The third-order valence-corrected chi connectivity index (χ3v) is 5.35. The van der Waals surface area contributed by atoms with Crippen LogP contribution in [0.5, 0.6) is 5.75 Å². The molecule has 0 aromatic heterocycles. The van der Waals surface area contributed by atoms with Gasteiger partial charge in [-0.3, -0.25) is 4.79 Å². The van der Waals surface area contributed by atoms with E-state index in [1.165, 1.54) is 12.7 Å². The van der Waals surface area contributed by atoms with Gasteiger partial charge in [0.2, 0.25) is 0 Å². The van der Waals surface area contributed by atoms with Crippen molar-refractivity contribution in [1.82, 2.24) is 5.32 Å². The van der Waals surface area contributed by atoms with Gasteiger partial charge in [-0.05, 0) is 42.0 Å². The Morgan fingerprint density at radius 2 is 1.69 bits per heavy atom. The van der Waals surface area contributed by atoms with Crippen LogP contribution in [0.1, 0.15) is 15.9 Å². The Morgan fingerprint density at radius 1 is 1.00 bits per heavy atom. The fraction of sp³-hybridized carbons (Fsp3) is 0.217. The molecule has 0 fully saturated rings. The topological polar surface area (TPSA) is 64.6 Å². The zero-order valence-corrected chi connectivity index (χ0v) is 17.3. The molecule has 0 radical (unpaired) electrons. The first-order valence-electron chi connectivity index (χ1n) is 9.27. The van der Waals surface area contributed by atoms with E-state index >= 15 is 0 Å². The highest BCUT2D eigenvalue weighted by molar-refractivity contribution is 7.99. The average Bonchev–Trinajstić information content (AvgIpc) is 2.75. The average molecular weight is 410 g/mol. The van der Waals surface area contributed by atoms with Crippen molar-refractivity contribution in [2.45, 2.75) is 11.8 Å². The van der Waals surface area contributed by atoms with E-state index in [-0.39, 0.29) is 12.5 Å². The second-order valence-electron chi connectivity index (χ2n) is 6.49. The minimum atomic E-state index is -0.586. The fourth-order valence-electron chi connectivity index (χ4n) is 2.80. The summed E-state index contributed by atoms with van der Waals surface area (Å²) >= 11 is 1.66. The molecule has 3 aromatic carbocycles. The van der Waals surface area contributed by atoms with E-state index in [4.69, 9.17) is 9.47 Å². The van der Waals surface area contributed by atoms with Crippen molar-refractivity contribution < 1.29 is 19.1 Å². The summed E-state index contributed by atoms with van der Waals surface area (Å²) in [6.07, 6.45) is 0. The molecule has 0 atom stereocenters. The molecule has 0 aliphatic carbocycles. The van der Waals surface area contributed by atoms with Crippen LogP contribution in [0.4, 0.5) is 0 Å². The molecule has 0 bridgehead atoms. The lowest BCUT2D eigenvalue weighted by Gasteiger charge is -2.11. The Labute approximate surface area is 174 Å². The zero-order chi connectivity index (χ0) is 20.6. The van der Waals surface area contributed by atoms with Crippen LogP contribution in [0.3, 0.4) is 0 Å². The van der Waals surface area contributed by atoms with Gasteiger partial charge in [0.1, 0.15) is 11.3 Å². The fourth-order valence-corrected chi connectivity index (χ4v) is 3.57. The molecule has 3 rings (SSSR count). The van der Waals surface area contributed by atoms with Gasteiger partial charge < -0.3 is 14.8 Å². The molecular formula is C23H23NO4S. The Bertz CT molecular complexity index is 1000. The molecule has 3 aromatic rings. The van der Waals surface area contributed by atoms with Gasteiger partial charge in [-0.2, -0.15) is 0 Å². The van der Waals surface area contributed by atoms with Crippen LogP contribution in [0.15, 0.2) is 65.6 Å². The monoisotopic (exact) mass is 409 g/mol. The lowest BCUT2D eigenvalue weighted by Crippen LogP contribution is -2.30. The van der Waals surface area contributed by atoms with Crippen molar-refractivity contribution in [3.8, 4) is 5.75 Å². The summed E-state index contributed by atoms with van der Waals surface area (Å²) in [7, 11) is 1.50. The van der Waals surface area contributed by atoms with Gasteiger partial charge in [0.15, 0.2) is 6.61 Å². The second kappa shape index (κ2) is 9.98. The lowest BCUT2D eigenvalue weighted by atomic mass is 10.1. The molecule has 0 aliphatic heterocycles. The van der Waals surface area contributed by atoms with E-state index in [2.05, 4.69) is 29.6 Å². The number of rotatable bonds is 8. The minimum Gasteiger partial charge on any atom is -0.496 e. The van der Waals surface area contributed by atoms with Gasteiger partial charge in [0, 0.05) is 17.2 Å². The zero-order valence-electron chi connectivity index (χ0n) is 16.4. The van der Waals surface area contributed by atoms with E-state index in [9.17, 15) is 9.59 Å². The van der Waals surface area contributed by atoms with Crippen LogP contribution in [-0.2, 0) is 9.53 Å². The predicted molar refractivity (Wildman–Crippen MR) is 116 cm³/mol. The molecule has 0 heterocycles. The van der Waals surface area contributed by atoms with Gasteiger partial charge in [-0.25, -0.2) is 4.79 Å². The number of nitrogens with one attached hydrogen (secondary N) is 1. The van der Waals surface area contributed by atoms with Crippen LogP contribution in [-0.4, -0.2) is 37.9 Å². The minimum absolute atomic E-state index is 0.300. The summed E-state index contributed by atoms with van der Waals surface area (Å²) < 4.78 is 10.5.